The highest BCUT2D eigenvalue weighted by molar-refractivity contribution is 6.35. The zero-order valence-corrected chi connectivity index (χ0v) is 13.9. The van der Waals surface area contributed by atoms with Crippen molar-refractivity contribution in [2.24, 2.45) is 5.73 Å². The normalized spacial score (nSPS) is 14.8. The maximum atomic E-state index is 11.6. The molecule has 7 heteroatoms. The first-order valence-corrected chi connectivity index (χ1v) is 8.19. The number of nitrogens with zero attached hydrogens (tertiary/aromatic N) is 3. The molecule has 0 bridgehead atoms. The SMILES string of the molecule is NC(=O)c1cc(-c2cc(Cl)cc(Cl)c2)nc(N2CCCCC2)n1. The van der Waals surface area contributed by atoms with Crippen molar-refractivity contribution in [3.63, 3.8) is 0 Å². The molecule has 1 aliphatic heterocycles. The van der Waals surface area contributed by atoms with Crippen LogP contribution in [0.5, 0.6) is 0 Å². The van der Waals surface area contributed by atoms with Gasteiger partial charge in [0.2, 0.25) is 5.95 Å². The van der Waals surface area contributed by atoms with E-state index in [1.807, 2.05) is 0 Å². The molecule has 0 unspecified atom stereocenters. The number of benzene rings is 1. The average Bonchev–Trinajstić information content (AvgIpc) is 2.54. The second-order valence-corrected chi connectivity index (χ2v) is 6.38. The van der Waals surface area contributed by atoms with Crippen LogP contribution in [-0.2, 0) is 0 Å². The Balaban J connectivity index is 2.08. The molecule has 2 heterocycles. The smallest absolute Gasteiger partial charge is 0.267 e. The second kappa shape index (κ2) is 6.72. The monoisotopic (exact) mass is 350 g/mol. The van der Waals surface area contributed by atoms with E-state index in [1.54, 1.807) is 24.3 Å². The van der Waals surface area contributed by atoms with Crippen molar-refractivity contribution in [2.45, 2.75) is 19.3 Å². The van der Waals surface area contributed by atoms with Gasteiger partial charge in [0.25, 0.3) is 5.91 Å². The van der Waals surface area contributed by atoms with Crippen molar-refractivity contribution in [1.82, 2.24) is 9.97 Å². The van der Waals surface area contributed by atoms with Crippen LogP contribution in [-0.4, -0.2) is 29.0 Å². The Morgan fingerprint density at radius 3 is 2.26 bits per heavy atom. The van der Waals surface area contributed by atoms with Crippen LogP contribution in [0.4, 0.5) is 5.95 Å². The molecule has 23 heavy (non-hydrogen) atoms. The van der Waals surface area contributed by atoms with Crippen molar-refractivity contribution in [3.8, 4) is 11.3 Å². The fourth-order valence-corrected chi connectivity index (χ4v) is 3.17. The highest BCUT2D eigenvalue weighted by Crippen LogP contribution is 2.28. The predicted molar refractivity (Wildman–Crippen MR) is 92.1 cm³/mol. The molecule has 0 saturated carbocycles. The summed E-state index contributed by atoms with van der Waals surface area (Å²) >= 11 is 12.1. The highest BCUT2D eigenvalue weighted by atomic mass is 35.5. The largest absolute Gasteiger partial charge is 0.364 e. The Morgan fingerprint density at radius 2 is 1.65 bits per heavy atom. The van der Waals surface area contributed by atoms with Crippen molar-refractivity contribution in [1.29, 1.82) is 0 Å². The number of aromatic nitrogens is 2. The Labute approximate surface area is 144 Å². The summed E-state index contributed by atoms with van der Waals surface area (Å²) in [6, 6.07) is 6.72. The van der Waals surface area contributed by atoms with Crippen LogP contribution in [0.2, 0.25) is 10.0 Å². The van der Waals surface area contributed by atoms with E-state index >= 15 is 0 Å². The Bertz CT molecular complexity index is 725. The molecule has 1 aliphatic rings. The van der Waals surface area contributed by atoms with Gasteiger partial charge in [-0.1, -0.05) is 23.2 Å². The lowest BCUT2D eigenvalue weighted by atomic mass is 10.1. The number of carbonyl (C=O) groups is 1. The molecule has 1 saturated heterocycles. The molecule has 0 atom stereocenters. The summed E-state index contributed by atoms with van der Waals surface area (Å²) in [5.41, 5.74) is 6.92. The molecule has 1 amide bonds. The van der Waals surface area contributed by atoms with Crippen molar-refractivity contribution in [2.75, 3.05) is 18.0 Å². The fraction of sp³-hybridized carbons (Fsp3) is 0.312. The molecule has 1 fully saturated rings. The quantitative estimate of drug-likeness (QED) is 0.918. The van der Waals surface area contributed by atoms with E-state index in [4.69, 9.17) is 28.9 Å². The minimum absolute atomic E-state index is 0.187. The molecule has 0 aliphatic carbocycles. The van der Waals surface area contributed by atoms with Crippen LogP contribution in [0.15, 0.2) is 24.3 Å². The van der Waals surface area contributed by atoms with Gasteiger partial charge in [-0.3, -0.25) is 4.79 Å². The first-order valence-electron chi connectivity index (χ1n) is 7.43. The van der Waals surface area contributed by atoms with Gasteiger partial charge in [-0.05, 0) is 43.5 Å². The molecular weight excluding hydrogens is 335 g/mol. The molecule has 5 nitrogen and oxygen atoms in total. The van der Waals surface area contributed by atoms with Gasteiger partial charge in [-0.2, -0.15) is 0 Å². The van der Waals surface area contributed by atoms with Gasteiger partial charge >= 0.3 is 0 Å². The minimum Gasteiger partial charge on any atom is -0.364 e. The van der Waals surface area contributed by atoms with Gasteiger partial charge in [0.1, 0.15) is 5.69 Å². The maximum absolute atomic E-state index is 11.6. The van der Waals surface area contributed by atoms with Gasteiger partial charge in [0.15, 0.2) is 0 Å². The third-order valence-electron chi connectivity index (χ3n) is 3.76. The molecule has 1 aromatic carbocycles. The number of halogens is 2. The second-order valence-electron chi connectivity index (χ2n) is 5.51. The van der Waals surface area contributed by atoms with E-state index in [9.17, 15) is 4.79 Å². The maximum Gasteiger partial charge on any atom is 0.267 e. The predicted octanol–water partition coefficient (Wildman–Crippen LogP) is 3.54. The Kier molecular flexibility index (Phi) is 4.68. The number of hydrogen-bond acceptors (Lipinski definition) is 4. The standard InChI is InChI=1S/C16H16Cl2N4O/c17-11-6-10(7-12(18)8-11)13-9-14(15(19)23)21-16(20-13)22-4-2-1-3-5-22/h6-9H,1-5H2,(H2,19,23). The summed E-state index contributed by atoms with van der Waals surface area (Å²) in [4.78, 5) is 22.6. The summed E-state index contributed by atoms with van der Waals surface area (Å²) in [7, 11) is 0. The number of carbonyl (C=O) groups excluding carboxylic acids is 1. The molecule has 120 valence electrons. The molecular formula is C16H16Cl2N4O. The lowest BCUT2D eigenvalue weighted by Gasteiger charge is -2.27. The summed E-state index contributed by atoms with van der Waals surface area (Å²) in [6.07, 6.45) is 3.37. The Morgan fingerprint density at radius 1 is 1.00 bits per heavy atom. The van der Waals surface area contributed by atoms with Gasteiger partial charge in [0, 0.05) is 28.7 Å². The van der Waals surface area contributed by atoms with E-state index in [1.165, 1.54) is 6.42 Å². The van der Waals surface area contributed by atoms with Gasteiger partial charge in [0.05, 0.1) is 5.69 Å². The van der Waals surface area contributed by atoms with Crippen LogP contribution >= 0.6 is 23.2 Å². The van der Waals surface area contributed by atoms with Crippen molar-refractivity contribution >= 4 is 35.1 Å². The molecule has 1 aromatic heterocycles. The number of primary amides is 1. The van der Waals surface area contributed by atoms with E-state index < -0.39 is 5.91 Å². The number of piperidine rings is 1. The number of anilines is 1. The topological polar surface area (TPSA) is 72.1 Å². The van der Waals surface area contributed by atoms with Crippen molar-refractivity contribution < 1.29 is 4.79 Å². The molecule has 2 N–H and O–H groups in total. The van der Waals surface area contributed by atoms with E-state index in [0.717, 1.165) is 31.5 Å². The van der Waals surface area contributed by atoms with Gasteiger partial charge in [-0.15, -0.1) is 0 Å². The van der Waals surface area contributed by atoms with Crippen molar-refractivity contribution in [3.05, 3.63) is 40.0 Å². The number of nitrogens with two attached hydrogens (primary N) is 1. The van der Waals surface area contributed by atoms with E-state index in [2.05, 4.69) is 14.9 Å². The zero-order chi connectivity index (χ0) is 16.4. The van der Waals surface area contributed by atoms with Gasteiger partial charge in [-0.25, -0.2) is 9.97 Å². The van der Waals surface area contributed by atoms with E-state index in [-0.39, 0.29) is 5.69 Å². The highest BCUT2D eigenvalue weighted by Gasteiger charge is 2.18. The summed E-state index contributed by atoms with van der Waals surface area (Å²) in [5, 5.41) is 1.01. The van der Waals surface area contributed by atoms with Crippen LogP contribution < -0.4 is 10.6 Å². The summed E-state index contributed by atoms with van der Waals surface area (Å²) < 4.78 is 0. The third-order valence-corrected chi connectivity index (χ3v) is 4.20. The van der Waals surface area contributed by atoms with Gasteiger partial charge < -0.3 is 10.6 Å². The summed E-state index contributed by atoms with van der Waals surface area (Å²) in [5.74, 6) is -0.0628. The fourth-order valence-electron chi connectivity index (χ4n) is 2.65. The third kappa shape index (κ3) is 3.74. The first kappa shape index (κ1) is 16.0. The van der Waals surface area contributed by atoms with E-state index in [0.29, 0.717) is 21.7 Å². The lowest BCUT2D eigenvalue weighted by Crippen LogP contribution is -2.31. The molecule has 3 rings (SSSR count). The van der Waals surface area contributed by atoms with Crippen LogP contribution in [0, 0.1) is 0 Å². The zero-order valence-electron chi connectivity index (χ0n) is 12.4. The first-order chi connectivity index (χ1) is 11.0. The van der Waals surface area contributed by atoms with Crippen LogP contribution in [0.3, 0.4) is 0 Å². The number of amides is 1. The Hall–Kier alpha value is -1.85. The number of rotatable bonds is 3. The molecule has 2 aromatic rings. The molecule has 0 radical (unpaired) electrons. The number of hydrogen-bond donors (Lipinski definition) is 1. The average molecular weight is 351 g/mol. The van der Waals surface area contributed by atoms with Crippen LogP contribution in [0.25, 0.3) is 11.3 Å². The molecule has 0 spiro atoms. The van der Waals surface area contributed by atoms with Crippen LogP contribution in [0.1, 0.15) is 29.8 Å². The summed E-state index contributed by atoms with van der Waals surface area (Å²) in [6.45, 7) is 1.75. The minimum atomic E-state index is -0.583. The lowest BCUT2D eigenvalue weighted by molar-refractivity contribution is 0.0995.